The van der Waals surface area contributed by atoms with Crippen LogP contribution in [0.5, 0.6) is 0 Å². The van der Waals surface area contributed by atoms with E-state index in [0.717, 1.165) is 12.3 Å². The predicted octanol–water partition coefficient (Wildman–Crippen LogP) is 3.51. The van der Waals surface area contributed by atoms with Crippen molar-refractivity contribution >= 4 is 7.12 Å². The second kappa shape index (κ2) is 3.51. The van der Waals surface area contributed by atoms with Gasteiger partial charge in [0.15, 0.2) is 0 Å². The van der Waals surface area contributed by atoms with Crippen molar-refractivity contribution in [1.29, 1.82) is 0 Å². The van der Waals surface area contributed by atoms with Crippen LogP contribution in [0.15, 0.2) is 0 Å². The highest BCUT2D eigenvalue weighted by molar-refractivity contribution is 6.47. The van der Waals surface area contributed by atoms with Crippen LogP contribution in [0.3, 0.4) is 0 Å². The summed E-state index contributed by atoms with van der Waals surface area (Å²) in [7, 11) is 0.0325. The Hall–Kier alpha value is -0.0151. The Morgan fingerprint density at radius 3 is 2.59 bits per heavy atom. The zero-order valence-electron chi connectivity index (χ0n) is 11.8. The van der Waals surface area contributed by atoms with Gasteiger partial charge in [0, 0.05) is 0 Å². The van der Waals surface area contributed by atoms with E-state index < -0.39 is 0 Å². The summed E-state index contributed by atoms with van der Waals surface area (Å²) in [6.45, 7) is 11.6. The van der Waals surface area contributed by atoms with Gasteiger partial charge in [0.2, 0.25) is 0 Å². The Morgan fingerprint density at radius 2 is 2.00 bits per heavy atom. The van der Waals surface area contributed by atoms with Crippen LogP contribution in [-0.2, 0) is 9.31 Å². The molecule has 0 radical (unpaired) electrons. The Labute approximate surface area is 106 Å². The first-order chi connectivity index (χ1) is 7.89. The van der Waals surface area contributed by atoms with Gasteiger partial charge in [-0.25, -0.2) is 0 Å². The molecule has 0 N–H and O–H groups in total. The van der Waals surface area contributed by atoms with Crippen LogP contribution in [0.2, 0.25) is 5.82 Å². The molecule has 0 aromatic rings. The van der Waals surface area contributed by atoms with Crippen molar-refractivity contribution in [2.45, 2.75) is 71.4 Å². The van der Waals surface area contributed by atoms with Crippen molar-refractivity contribution < 1.29 is 9.31 Å². The highest BCUT2D eigenvalue weighted by atomic mass is 16.7. The van der Waals surface area contributed by atoms with Gasteiger partial charge in [-0.2, -0.15) is 0 Å². The van der Waals surface area contributed by atoms with Gasteiger partial charge in [0.05, 0.1) is 11.7 Å². The van der Waals surface area contributed by atoms with Crippen molar-refractivity contribution in [1.82, 2.24) is 0 Å². The summed E-state index contributed by atoms with van der Waals surface area (Å²) in [4.78, 5) is 0. The van der Waals surface area contributed by atoms with E-state index in [2.05, 4.69) is 34.6 Å². The lowest BCUT2D eigenvalue weighted by molar-refractivity contribution is -0.199. The third-order valence-electron chi connectivity index (χ3n) is 6.08. The molecule has 4 rings (SSSR count). The standard InChI is InChI=1S/C14H25BO2/c1-6-9(2)15-16-12-8-10-7-11(13(10,3)4)14(12,5)17-15/h9-12H,6-8H2,1-5H3/t9-,10+,11-,12-,14+/m1/s1. The van der Waals surface area contributed by atoms with Crippen molar-refractivity contribution in [2.75, 3.05) is 0 Å². The molecule has 1 aliphatic heterocycles. The van der Waals surface area contributed by atoms with Crippen LogP contribution >= 0.6 is 0 Å². The number of hydrogen-bond donors (Lipinski definition) is 0. The number of hydrogen-bond acceptors (Lipinski definition) is 2. The molecule has 1 saturated heterocycles. The van der Waals surface area contributed by atoms with Crippen molar-refractivity contribution in [2.24, 2.45) is 17.3 Å². The lowest BCUT2D eigenvalue weighted by atomic mass is 9.43. The van der Waals surface area contributed by atoms with Crippen LogP contribution in [0, 0.1) is 17.3 Å². The molecular weight excluding hydrogens is 211 g/mol. The molecular formula is C14H25BO2. The quantitative estimate of drug-likeness (QED) is 0.683. The fraction of sp³-hybridized carbons (Fsp3) is 1.00. The second-order valence-electron chi connectivity index (χ2n) is 7.22. The summed E-state index contributed by atoms with van der Waals surface area (Å²) >= 11 is 0. The van der Waals surface area contributed by atoms with Crippen LogP contribution in [0.25, 0.3) is 0 Å². The summed E-state index contributed by atoms with van der Waals surface area (Å²) in [6.07, 6.45) is 4.02. The third kappa shape index (κ3) is 1.42. The molecule has 3 aliphatic carbocycles. The number of rotatable bonds is 2. The molecule has 96 valence electrons. The van der Waals surface area contributed by atoms with Gasteiger partial charge in [-0.05, 0) is 42.8 Å². The highest BCUT2D eigenvalue weighted by Gasteiger charge is 2.68. The molecule has 17 heavy (non-hydrogen) atoms. The molecule has 3 saturated carbocycles. The topological polar surface area (TPSA) is 18.5 Å². The van der Waals surface area contributed by atoms with Crippen LogP contribution in [0.4, 0.5) is 0 Å². The van der Waals surface area contributed by atoms with Gasteiger partial charge < -0.3 is 9.31 Å². The van der Waals surface area contributed by atoms with Crippen LogP contribution in [0.1, 0.15) is 53.9 Å². The fourth-order valence-electron chi connectivity index (χ4n) is 4.34. The summed E-state index contributed by atoms with van der Waals surface area (Å²) in [5, 5.41) is 0. The van der Waals surface area contributed by atoms with Gasteiger partial charge in [-0.1, -0.05) is 34.1 Å². The molecule has 0 spiro atoms. The Morgan fingerprint density at radius 1 is 1.29 bits per heavy atom. The van der Waals surface area contributed by atoms with E-state index in [4.69, 9.17) is 9.31 Å². The molecule has 2 nitrogen and oxygen atoms in total. The Kier molecular flexibility index (Phi) is 2.49. The summed E-state index contributed by atoms with van der Waals surface area (Å²) < 4.78 is 12.6. The second-order valence-corrected chi connectivity index (χ2v) is 7.22. The maximum absolute atomic E-state index is 6.37. The maximum atomic E-state index is 6.37. The minimum atomic E-state index is -0.0215. The van der Waals surface area contributed by atoms with E-state index >= 15 is 0 Å². The van der Waals surface area contributed by atoms with Gasteiger partial charge >= 0.3 is 7.12 Å². The van der Waals surface area contributed by atoms with E-state index in [9.17, 15) is 0 Å². The molecule has 0 aromatic carbocycles. The van der Waals surface area contributed by atoms with E-state index in [0.29, 0.717) is 23.3 Å². The summed E-state index contributed by atoms with van der Waals surface area (Å²) in [6, 6.07) is 0. The van der Waals surface area contributed by atoms with Crippen molar-refractivity contribution in [3.63, 3.8) is 0 Å². The summed E-state index contributed by atoms with van der Waals surface area (Å²) in [5.74, 6) is 2.05. The summed E-state index contributed by atoms with van der Waals surface area (Å²) in [5.41, 5.74) is 0.436. The fourth-order valence-corrected chi connectivity index (χ4v) is 4.34. The molecule has 4 aliphatic rings. The van der Waals surface area contributed by atoms with Crippen molar-refractivity contribution in [3.8, 4) is 0 Å². The minimum absolute atomic E-state index is 0.0215. The van der Waals surface area contributed by atoms with Gasteiger partial charge in [0.1, 0.15) is 0 Å². The van der Waals surface area contributed by atoms with E-state index in [1.165, 1.54) is 12.8 Å². The first-order valence-corrected chi connectivity index (χ1v) is 7.22. The zero-order chi connectivity index (χ0) is 12.4. The predicted molar refractivity (Wildman–Crippen MR) is 69.8 cm³/mol. The molecule has 4 fully saturated rings. The Bertz CT molecular complexity index is 330. The molecule has 5 atom stereocenters. The lowest BCUT2D eigenvalue weighted by Gasteiger charge is -2.64. The third-order valence-corrected chi connectivity index (χ3v) is 6.08. The highest BCUT2D eigenvalue weighted by Crippen LogP contribution is 2.66. The average Bonchev–Trinajstić information content (AvgIpc) is 2.64. The van der Waals surface area contributed by atoms with Crippen LogP contribution < -0.4 is 0 Å². The van der Waals surface area contributed by atoms with Gasteiger partial charge in [-0.3, -0.25) is 0 Å². The lowest BCUT2D eigenvalue weighted by Crippen LogP contribution is -2.65. The molecule has 0 amide bonds. The SMILES string of the molecule is CC[C@@H](C)B1O[C@@H]2C[C@@H]3C[C@H](C3(C)C)[C@]2(C)O1. The zero-order valence-corrected chi connectivity index (χ0v) is 11.8. The van der Waals surface area contributed by atoms with E-state index in [1.807, 2.05) is 0 Å². The minimum Gasteiger partial charge on any atom is -0.405 e. The largest absolute Gasteiger partial charge is 0.460 e. The average molecular weight is 236 g/mol. The van der Waals surface area contributed by atoms with Gasteiger partial charge in [-0.15, -0.1) is 0 Å². The molecule has 0 unspecified atom stereocenters. The molecule has 1 heterocycles. The van der Waals surface area contributed by atoms with Crippen LogP contribution in [-0.4, -0.2) is 18.8 Å². The Balaban J connectivity index is 1.82. The normalized spacial score (nSPS) is 48.5. The molecule has 2 bridgehead atoms. The molecule has 3 heteroatoms. The maximum Gasteiger partial charge on any atom is 0.460 e. The first-order valence-electron chi connectivity index (χ1n) is 7.22. The smallest absolute Gasteiger partial charge is 0.405 e. The molecule has 0 aromatic heterocycles. The van der Waals surface area contributed by atoms with E-state index in [1.54, 1.807) is 0 Å². The van der Waals surface area contributed by atoms with Crippen molar-refractivity contribution in [3.05, 3.63) is 0 Å². The van der Waals surface area contributed by atoms with E-state index in [-0.39, 0.29) is 12.7 Å². The first kappa shape index (κ1) is 12.0. The monoisotopic (exact) mass is 236 g/mol. The van der Waals surface area contributed by atoms with Gasteiger partial charge in [0.25, 0.3) is 0 Å².